The molecule has 2 atom stereocenters. The number of hydrogen-bond acceptors (Lipinski definition) is 4. The van der Waals surface area contributed by atoms with Gasteiger partial charge in [-0.25, -0.2) is 0 Å². The van der Waals surface area contributed by atoms with Crippen LogP contribution >= 0.6 is 0 Å². The van der Waals surface area contributed by atoms with Crippen molar-refractivity contribution in [2.45, 2.75) is 69.4 Å². The second kappa shape index (κ2) is 7.95. The zero-order valence-corrected chi connectivity index (χ0v) is 14.3. The Hall–Kier alpha value is -0.650. The first-order valence-corrected chi connectivity index (χ1v) is 9.46. The minimum Gasteiger partial charge on any atom is -0.396 e. The number of nitrogens with zero attached hydrogens (tertiary/aromatic N) is 1. The smallest absolute Gasteiger partial charge is 0.222 e. The average Bonchev–Trinajstić information content (AvgIpc) is 3.06. The molecule has 0 aromatic rings. The Kier molecular flexibility index (Phi) is 5.94. The third-order valence-electron chi connectivity index (χ3n) is 6.20. The molecule has 0 bridgehead atoms. The predicted octanol–water partition coefficient (Wildman–Crippen LogP) is 1.69. The molecule has 132 valence electrons. The number of hydrogen-bond donors (Lipinski definition) is 2. The summed E-state index contributed by atoms with van der Waals surface area (Å²) in [5.41, 5.74) is 0.0528. The largest absolute Gasteiger partial charge is 0.396 e. The normalized spacial score (nSPS) is 31.9. The van der Waals surface area contributed by atoms with Gasteiger partial charge < -0.3 is 15.2 Å². The fourth-order valence-electron chi connectivity index (χ4n) is 4.85. The van der Waals surface area contributed by atoms with Crippen LogP contribution in [0.2, 0.25) is 0 Å². The van der Waals surface area contributed by atoms with Crippen molar-refractivity contribution in [2.75, 3.05) is 32.9 Å². The number of aliphatic hydroxyl groups is 1. The molecule has 1 amide bonds. The number of carbonyl (C=O) groups is 1. The average molecular weight is 324 g/mol. The first-order valence-electron chi connectivity index (χ1n) is 9.46. The van der Waals surface area contributed by atoms with Gasteiger partial charge in [-0.2, -0.15) is 0 Å². The lowest BCUT2D eigenvalue weighted by Gasteiger charge is -2.43. The molecular weight excluding hydrogens is 292 g/mol. The van der Waals surface area contributed by atoms with E-state index in [-0.39, 0.29) is 30.0 Å². The van der Waals surface area contributed by atoms with Crippen LogP contribution in [0.25, 0.3) is 0 Å². The summed E-state index contributed by atoms with van der Waals surface area (Å²) in [5.74, 6) is 0.430. The maximum absolute atomic E-state index is 12.7. The van der Waals surface area contributed by atoms with Gasteiger partial charge in [-0.1, -0.05) is 25.7 Å². The highest BCUT2D eigenvalue weighted by molar-refractivity contribution is 5.77. The van der Waals surface area contributed by atoms with Gasteiger partial charge in [0.25, 0.3) is 0 Å². The Morgan fingerprint density at radius 3 is 2.52 bits per heavy atom. The molecule has 2 N–H and O–H groups in total. The van der Waals surface area contributed by atoms with Gasteiger partial charge in [0, 0.05) is 43.6 Å². The highest BCUT2D eigenvalue weighted by atomic mass is 16.5. The summed E-state index contributed by atoms with van der Waals surface area (Å²) < 4.78 is 5.49. The van der Waals surface area contributed by atoms with Crippen LogP contribution in [0.5, 0.6) is 0 Å². The lowest BCUT2D eigenvalue weighted by atomic mass is 9.84. The van der Waals surface area contributed by atoms with E-state index in [0.717, 1.165) is 58.4 Å². The minimum atomic E-state index is 0.0528. The summed E-state index contributed by atoms with van der Waals surface area (Å²) >= 11 is 0. The standard InChI is InChI=1S/C18H32N2O3/c21-14-15-5-1-2-6-16(15)19-17(22)13-18(7-3-4-8-18)20-9-11-23-12-10-20/h15-16,21H,1-14H2,(H,19,22). The molecule has 0 aromatic carbocycles. The summed E-state index contributed by atoms with van der Waals surface area (Å²) in [4.78, 5) is 15.2. The van der Waals surface area contributed by atoms with Crippen molar-refractivity contribution in [3.63, 3.8) is 0 Å². The van der Waals surface area contributed by atoms with Crippen LogP contribution in [-0.2, 0) is 9.53 Å². The Balaban J connectivity index is 1.59. The van der Waals surface area contributed by atoms with E-state index >= 15 is 0 Å². The number of morpholine rings is 1. The minimum absolute atomic E-state index is 0.0528. The van der Waals surface area contributed by atoms with Crippen molar-refractivity contribution >= 4 is 5.91 Å². The molecule has 3 rings (SSSR count). The van der Waals surface area contributed by atoms with Crippen LogP contribution < -0.4 is 5.32 Å². The van der Waals surface area contributed by atoms with Gasteiger partial charge in [0.2, 0.25) is 5.91 Å². The zero-order chi connectivity index (χ0) is 16.1. The summed E-state index contributed by atoms with van der Waals surface area (Å²) in [7, 11) is 0. The molecule has 2 aliphatic carbocycles. The van der Waals surface area contributed by atoms with Crippen molar-refractivity contribution in [3.8, 4) is 0 Å². The van der Waals surface area contributed by atoms with Crippen molar-refractivity contribution in [3.05, 3.63) is 0 Å². The molecular formula is C18H32N2O3. The Morgan fingerprint density at radius 2 is 1.83 bits per heavy atom. The summed E-state index contributed by atoms with van der Waals surface area (Å²) in [6.45, 7) is 3.68. The first kappa shape index (κ1) is 17.2. The molecule has 2 unspecified atom stereocenters. The van der Waals surface area contributed by atoms with Crippen LogP contribution in [0.15, 0.2) is 0 Å². The summed E-state index contributed by atoms with van der Waals surface area (Å²) in [6, 6.07) is 0.171. The second-order valence-corrected chi connectivity index (χ2v) is 7.61. The number of rotatable bonds is 5. The molecule has 1 heterocycles. The van der Waals surface area contributed by atoms with E-state index in [9.17, 15) is 9.90 Å². The van der Waals surface area contributed by atoms with E-state index in [0.29, 0.717) is 6.42 Å². The van der Waals surface area contributed by atoms with E-state index in [1.807, 2.05) is 0 Å². The maximum atomic E-state index is 12.7. The molecule has 0 radical (unpaired) electrons. The van der Waals surface area contributed by atoms with Crippen LogP contribution in [0, 0.1) is 5.92 Å². The first-order chi connectivity index (χ1) is 11.2. The van der Waals surface area contributed by atoms with Crippen molar-refractivity contribution in [1.29, 1.82) is 0 Å². The maximum Gasteiger partial charge on any atom is 0.222 e. The second-order valence-electron chi connectivity index (χ2n) is 7.61. The van der Waals surface area contributed by atoms with Gasteiger partial charge in [0.15, 0.2) is 0 Å². The monoisotopic (exact) mass is 324 g/mol. The van der Waals surface area contributed by atoms with E-state index in [1.54, 1.807) is 0 Å². The Morgan fingerprint density at radius 1 is 1.13 bits per heavy atom. The van der Waals surface area contributed by atoms with Gasteiger partial charge in [-0.15, -0.1) is 0 Å². The summed E-state index contributed by atoms with van der Waals surface area (Å²) in [6.07, 6.45) is 9.73. The highest BCUT2D eigenvalue weighted by Gasteiger charge is 2.42. The van der Waals surface area contributed by atoms with Gasteiger partial charge in [0.05, 0.1) is 13.2 Å². The molecule has 5 nitrogen and oxygen atoms in total. The lowest BCUT2D eigenvalue weighted by molar-refractivity contribution is -0.127. The molecule has 1 saturated heterocycles. The van der Waals surface area contributed by atoms with Crippen LogP contribution in [0.1, 0.15) is 57.8 Å². The van der Waals surface area contributed by atoms with Gasteiger partial charge in [0.1, 0.15) is 0 Å². The third-order valence-corrected chi connectivity index (χ3v) is 6.20. The molecule has 3 aliphatic rings. The lowest BCUT2D eigenvalue weighted by Crippen LogP contribution is -2.55. The van der Waals surface area contributed by atoms with E-state index in [1.165, 1.54) is 19.3 Å². The van der Waals surface area contributed by atoms with Crippen molar-refractivity contribution in [1.82, 2.24) is 10.2 Å². The molecule has 3 fully saturated rings. The summed E-state index contributed by atoms with van der Waals surface area (Å²) in [5, 5.41) is 12.8. The number of carbonyl (C=O) groups excluding carboxylic acids is 1. The number of aliphatic hydroxyl groups excluding tert-OH is 1. The van der Waals surface area contributed by atoms with E-state index in [4.69, 9.17) is 4.74 Å². The SMILES string of the molecule is O=C(CC1(N2CCOCC2)CCCC1)NC1CCCCC1CO. The zero-order valence-electron chi connectivity index (χ0n) is 14.3. The molecule has 0 aromatic heterocycles. The van der Waals surface area contributed by atoms with E-state index < -0.39 is 0 Å². The molecule has 2 saturated carbocycles. The number of nitrogens with one attached hydrogen (secondary N) is 1. The van der Waals surface area contributed by atoms with Crippen molar-refractivity contribution < 1.29 is 14.6 Å². The Labute approximate surface area is 139 Å². The fourth-order valence-corrected chi connectivity index (χ4v) is 4.85. The van der Waals surface area contributed by atoms with E-state index in [2.05, 4.69) is 10.2 Å². The number of ether oxygens (including phenoxy) is 1. The molecule has 5 heteroatoms. The Bertz CT molecular complexity index is 390. The fraction of sp³-hybridized carbons (Fsp3) is 0.944. The van der Waals surface area contributed by atoms with Gasteiger partial charge >= 0.3 is 0 Å². The topological polar surface area (TPSA) is 61.8 Å². The molecule has 0 spiro atoms. The molecule has 23 heavy (non-hydrogen) atoms. The third kappa shape index (κ3) is 4.06. The number of amides is 1. The highest BCUT2D eigenvalue weighted by Crippen LogP contribution is 2.38. The van der Waals surface area contributed by atoms with Crippen molar-refractivity contribution in [2.24, 2.45) is 5.92 Å². The van der Waals surface area contributed by atoms with Gasteiger partial charge in [-0.05, 0) is 25.7 Å². The van der Waals surface area contributed by atoms with Crippen LogP contribution in [0.3, 0.4) is 0 Å². The predicted molar refractivity (Wildman–Crippen MR) is 89.2 cm³/mol. The quantitative estimate of drug-likeness (QED) is 0.808. The van der Waals surface area contributed by atoms with Crippen LogP contribution in [-0.4, -0.2) is 60.4 Å². The van der Waals surface area contributed by atoms with Crippen LogP contribution in [0.4, 0.5) is 0 Å². The van der Waals surface area contributed by atoms with Gasteiger partial charge in [-0.3, -0.25) is 9.69 Å². The molecule has 1 aliphatic heterocycles.